The fraction of sp³-hybridized carbons (Fsp3) is 0.500. The fourth-order valence-electron chi connectivity index (χ4n) is 3.37. The molecule has 2 N–H and O–H groups in total. The molecule has 0 bridgehead atoms. The summed E-state index contributed by atoms with van der Waals surface area (Å²) in [6.07, 6.45) is 3.47. The second-order valence-electron chi connectivity index (χ2n) is 7.10. The van der Waals surface area contributed by atoms with Gasteiger partial charge in [-0.15, -0.1) is 0 Å². The van der Waals surface area contributed by atoms with E-state index in [0.29, 0.717) is 41.5 Å². The Kier molecular flexibility index (Phi) is 8.24. The average Bonchev–Trinajstić information content (AvgIpc) is 2.70. The van der Waals surface area contributed by atoms with Gasteiger partial charge in [-0.3, -0.25) is 4.79 Å². The van der Waals surface area contributed by atoms with Gasteiger partial charge in [0.15, 0.2) is 0 Å². The molecule has 7 nitrogen and oxygen atoms in total. The first kappa shape index (κ1) is 22.5. The van der Waals surface area contributed by atoms with Crippen LogP contribution < -0.4 is 15.4 Å². The summed E-state index contributed by atoms with van der Waals surface area (Å²) in [6, 6.07) is 5.71. The van der Waals surface area contributed by atoms with Crippen molar-refractivity contribution in [3.8, 4) is 5.75 Å². The number of urea groups is 1. The lowest BCUT2D eigenvalue weighted by atomic mass is 9.94. The molecule has 0 spiro atoms. The van der Waals surface area contributed by atoms with Crippen molar-refractivity contribution in [3.63, 3.8) is 0 Å². The largest absolute Gasteiger partial charge is 0.462 e. The van der Waals surface area contributed by atoms with E-state index >= 15 is 0 Å². The van der Waals surface area contributed by atoms with Gasteiger partial charge in [-0.05, 0) is 36.5 Å². The van der Waals surface area contributed by atoms with E-state index < -0.39 is 18.0 Å². The Morgan fingerprint density at radius 2 is 1.83 bits per heavy atom. The highest BCUT2D eigenvalue weighted by Crippen LogP contribution is 2.30. The van der Waals surface area contributed by atoms with Crippen LogP contribution in [0, 0.1) is 5.92 Å². The molecule has 1 aromatic rings. The van der Waals surface area contributed by atoms with Crippen LogP contribution in [0.15, 0.2) is 35.5 Å². The monoisotopic (exact) mass is 402 g/mol. The molecule has 7 heteroatoms. The smallest absolute Gasteiger partial charge is 0.338 e. The minimum atomic E-state index is -0.635. The van der Waals surface area contributed by atoms with Crippen molar-refractivity contribution < 1.29 is 23.9 Å². The Morgan fingerprint density at radius 1 is 1.14 bits per heavy atom. The van der Waals surface area contributed by atoms with Crippen molar-refractivity contribution in [2.24, 2.45) is 5.92 Å². The summed E-state index contributed by atoms with van der Waals surface area (Å²) >= 11 is 0. The molecule has 158 valence electrons. The number of amides is 2. The molecule has 0 saturated carbocycles. The van der Waals surface area contributed by atoms with Crippen molar-refractivity contribution >= 4 is 18.0 Å². The number of ether oxygens (including phenoxy) is 2. The molecule has 1 aromatic carbocycles. The summed E-state index contributed by atoms with van der Waals surface area (Å²) in [6.45, 7) is 7.75. The molecule has 0 aromatic heterocycles. The van der Waals surface area contributed by atoms with Gasteiger partial charge in [-0.1, -0.05) is 45.7 Å². The number of rotatable bonds is 9. The van der Waals surface area contributed by atoms with Crippen LogP contribution in [-0.4, -0.2) is 24.6 Å². The molecule has 2 atom stereocenters. The van der Waals surface area contributed by atoms with Crippen LogP contribution in [-0.2, 0) is 14.3 Å². The Balaban J connectivity index is 2.27. The lowest BCUT2D eigenvalue weighted by Gasteiger charge is -2.29. The summed E-state index contributed by atoms with van der Waals surface area (Å²) in [5, 5.41) is 5.52. The fourth-order valence-corrected chi connectivity index (χ4v) is 3.37. The minimum Gasteiger partial charge on any atom is -0.462 e. The van der Waals surface area contributed by atoms with Gasteiger partial charge in [0.25, 0.3) is 0 Å². The minimum absolute atomic E-state index is 0.322. The zero-order chi connectivity index (χ0) is 21.4. The van der Waals surface area contributed by atoms with E-state index in [1.807, 2.05) is 6.92 Å². The van der Waals surface area contributed by atoms with Gasteiger partial charge in [0.1, 0.15) is 5.75 Å². The van der Waals surface area contributed by atoms with Crippen LogP contribution in [0.5, 0.6) is 5.75 Å². The van der Waals surface area contributed by atoms with Gasteiger partial charge in [0.2, 0.25) is 0 Å². The Bertz CT molecular complexity index is 770. The van der Waals surface area contributed by atoms with Crippen molar-refractivity contribution in [2.75, 3.05) is 6.61 Å². The van der Waals surface area contributed by atoms with E-state index in [1.165, 1.54) is 6.92 Å². The number of hydrogen-bond acceptors (Lipinski definition) is 5. The molecular weight excluding hydrogens is 372 g/mol. The molecule has 1 aliphatic heterocycles. The number of allylic oxidation sites excluding steroid dienone is 1. The third kappa shape index (κ3) is 6.07. The number of nitrogens with one attached hydrogen (secondary N) is 2. The molecule has 0 fully saturated rings. The van der Waals surface area contributed by atoms with Crippen LogP contribution in [0.4, 0.5) is 4.79 Å². The van der Waals surface area contributed by atoms with Gasteiger partial charge in [0.05, 0.1) is 18.2 Å². The van der Waals surface area contributed by atoms with Crippen LogP contribution >= 0.6 is 0 Å². The lowest BCUT2D eigenvalue weighted by Crippen LogP contribution is -2.46. The first-order chi connectivity index (χ1) is 13.9. The van der Waals surface area contributed by atoms with Gasteiger partial charge in [-0.2, -0.15) is 0 Å². The maximum Gasteiger partial charge on any atom is 0.338 e. The molecule has 2 unspecified atom stereocenters. The number of hydrogen-bond donors (Lipinski definition) is 2. The Morgan fingerprint density at radius 3 is 2.38 bits per heavy atom. The highest BCUT2D eigenvalue weighted by atomic mass is 16.5. The maximum atomic E-state index is 13.0. The SMILES string of the molecule is CCCC(CC)COC(=O)C1=C(CC)NC(=O)NC1c1ccc(OC(C)=O)cc1. The summed E-state index contributed by atoms with van der Waals surface area (Å²) in [7, 11) is 0. The molecule has 0 aliphatic carbocycles. The molecule has 2 rings (SSSR count). The zero-order valence-electron chi connectivity index (χ0n) is 17.5. The number of carbonyl (C=O) groups excluding carboxylic acids is 3. The highest BCUT2D eigenvalue weighted by molar-refractivity contribution is 5.95. The first-order valence-corrected chi connectivity index (χ1v) is 10.2. The molecule has 2 amide bonds. The van der Waals surface area contributed by atoms with Crippen LogP contribution in [0.2, 0.25) is 0 Å². The molecular formula is C22H30N2O5. The van der Waals surface area contributed by atoms with Gasteiger partial charge in [0, 0.05) is 12.6 Å². The molecule has 0 radical (unpaired) electrons. The molecule has 1 heterocycles. The van der Waals surface area contributed by atoms with E-state index in [4.69, 9.17) is 9.47 Å². The Hall–Kier alpha value is -2.83. The van der Waals surface area contributed by atoms with E-state index in [-0.39, 0.29) is 6.03 Å². The average molecular weight is 402 g/mol. The summed E-state index contributed by atoms with van der Waals surface area (Å²) < 4.78 is 10.7. The molecule has 29 heavy (non-hydrogen) atoms. The topological polar surface area (TPSA) is 93.7 Å². The molecule has 0 saturated heterocycles. The zero-order valence-corrected chi connectivity index (χ0v) is 17.5. The van der Waals surface area contributed by atoms with E-state index in [9.17, 15) is 14.4 Å². The van der Waals surface area contributed by atoms with Crippen LogP contribution in [0.1, 0.15) is 65.0 Å². The second-order valence-corrected chi connectivity index (χ2v) is 7.10. The van der Waals surface area contributed by atoms with E-state index in [1.54, 1.807) is 24.3 Å². The van der Waals surface area contributed by atoms with E-state index in [0.717, 1.165) is 19.3 Å². The van der Waals surface area contributed by atoms with Gasteiger partial charge < -0.3 is 20.1 Å². The maximum absolute atomic E-state index is 13.0. The van der Waals surface area contributed by atoms with Crippen molar-refractivity contribution in [3.05, 3.63) is 41.1 Å². The van der Waals surface area contributed by atoms with E-state index in [2.05, 4.69) is 24.5 Å². The lowest BCUT2D eigenvalue weighted by molar-refractivity contribution is -0.141. The second kappa shape index (κ2) is 10.6. The highest BCUT2D eigenvalue weighted by Gasteiger charge is 2.33. The van der Waals surface area contributed by atoms with Crippen molar-refractivity contribution in [1.82, 2.24) is 10.6 Å². The Labute approximate surface area is 171 Å². The van der Waals surface area contributed by atoms with Crippen LogP contribution in [0.3, 0.4) is 0 Å². The summed E-state index contributed by atoms with van der Waals surface area (Å²) in [5.74, 6) is -0.126. The quantitative estimate of drug-likeness (QED) is 0.481. The van der Waals surface area contributed by atoms with Crippen molar-refractivity contribution in [1.29, 1.82) is 0 Å². The number of benzene rings is 1. The third-order valence-electron chi connectivity index (χ3n) is 4.93. The normalized spacial score (nSPS) is 17.2. The number of carbonyl (C=O) groups is 3. The molecule has 1 aliphatic rings. The number of esters is 2. The first-order valence-electron chi connectivity index (χ1n) is 10.2. The standard InChI is InChI=1S/C22H30N2O5/c1-5-8-15(6-2)13-28-21(26)19-18(7-3)23-22(27)24-20(19)16-9-11-17(12-10-16)29-14(4)25/h9-12,15,20H,5-8,13H2,1-4H3,(H2,23,24,27). The van der Waals surface area contributed by atoms with Crippen LogP contribution in [0.25, 0.3) is 0 Å². The van der Waals surface area contributed by atoms with Gasteiger partial charge >= 0.3 is 18.0 Å². The summed E-state index contributed by atoms with van der Waals surface area (Å²) in [4.78, 5) is 36.2. The third-order valence-corrected chi connectivity index (χ3v) is 4.93. The van der Waals surface area contributed by atoms with Crippen molar-refractivity contribution in [2.45, 2.75) is 59.4 Å². The predicted octanol–water partition coefficient (Wildman–Crippen LogP) is 4.00. The summed E-state index contributed by atoms with van der Waals surface area (Å²) in [5.41, 5.74) is 1.66. The predicted molar refractivity (Wildman–Crippen MR) is 109 cm³/mol. The van der Waals surface area contributed by atoms with Gasteiger partial charge in [-0.25, -0.2) is 9.59 Å².